The third kappa shape index (κ3) is 4.35. The van der Waals surface area contributed by atoms with Crippen LogP contribution in [0.5, 0.6) is 0 Å². The Kier molecular flexibility index (Phi) is 5.63. The fourth-order valence-corrected chi connectivity index (χ4v) is 2.54. The van der Waals surface area contributed by atoms with Crippen molar-refractivity contribution in [1.82, 2.24) is 10.6 Å². The standard InChI is InChI=1S/C15H20ClN3O3/c1-10(9-22-2)17-15(21)18-12-7-14(20)19(8-12)13-5-3-11(16)4-6-13/h3-6,10,12H,7-9H2,1-2H3,(H2,17,18,21)/t10-,12-/m1/s1. The summed E-state index contributed by atoms with van der Waals surface area (Å²) < 4.78 is 4.96. The number of rotatable bonds is 5. The van der Waals surface area contributed by atoms with Crippen LogP contribution >= 0.6 is 11.6 Å². The Morgan fingerprint density at radius 1 is 1.45 bits per heavy atom. The summed E-state index contributed by atoms with van der Waals surface area (Å²) in [7, 11) is 1.58. The molecule has 1 aliphatic heterocycles. The van der Waals surface area contributed by atoms with Crippen LogP contribution in [-0.4, -0.2) is 44.3 Å². The van der Waals surface area contributed by atoms with E-state index in [0.29, 0.717) is 18.2 Å². The molecule has 0 aromatic heterocycles. The Morgan fingerprint density at radius 2 is 2.14 bits per heavy atom. The minimum atomic E-state index is -0.291. The molecule has 1 aromatic rings. The van der Waals surface area contributed by atoms with Crippen molar-refractivity contribution in [1.29, 1.82) is 0 Å². The Hall–Kier alpha value is -1.79. The molecule has 2 rings (SSSR count). The molecule has 7 heteroatoms. The molecule has 0 radical (unpaired) electrons. The lowest BCUT2D eigenvalue weighted by atomic mass is 10.2. The van der Waals surface area contributed by atoms with E-state index in [-0.39, 0.29) is 30.4 Å². The smallest absolute Gasteiger partial charge is 0.315 e. The Bertz CT molecular complexity index is 535. The van der Waals surface area contributed by atoms with Gasteiger partial charge in [0.15, 0.2) is 0 Å². The molecule has 0 aliphatic carbocycles. The number of hydrogen-bond donors (Lipinski definition) is 2. The lowest BCUT2D eigenvalue weighted by Gasteiger charge is -2.18. The number of carbonyl (C=O) groups excluding carboxylic acids is 2. The van der Waals surface area contributed by atoms with Crippen molar-refractivity contribution in [3.05, 3.63) is 29.3 Å². The largest absolute Gasteiger partial charge is 0.383 e. The molecule has 120 valence electrons. The zero-order chi connectivity index (χ0) is 16.1. The van der Waals surface area contributed by atoms with Gasteiger partial charge in [-0.3, -0.25) is 4.79 Å². The normalized spacial score (nSPS) is 19.1. The first-order chi connectivity index (χ1) is 10.5. The molecule has 1 heterocycles. The number of nitrogens with zero attached hydrogens (tertiary/aromatic N) is 1. The molecular formula is C15H20ClN3O3. The number of anilines is 1. The van der Waals surface area contributed by atoms with E-state index >= 15 is 0 Å². The molecule has 1 aliphatic rings. The van der Waals surface area contributed by atoms with Crippen LogP contribution in [-0.2, 0) is 9.53 Å². The molecule has 0 spiro atoms. The zero-order valence-corrected chi connectivity index (χ0v) is 13.4. The summed E-state index contributed by atoms with van der Waals surface area (Å²) >= 11 is 5.85. The average Bonchev–Trinajstić information content (AvgIpc) is 2.80. The van der Waals surface area contributed by atoms with Crippen molar-refractivity contribution in [3.8, 4) is 0 Å². The third-order valence-corrected chi connectivity index (χ3v) is 3.64. The Labute approximate surface area is 134 Å². The van der Waals surface area contributed by atoms with Crippen LogP contribution in [0.25, 0.3) is 0 Å². The highest BCUT2D eigenvalue weighted by Crippen LogP contribution is 2.23. The van der Waals surface area contributed by atoms with Crippen LogP contribution in [0, 0.1) is 0 Å². The molecule has 6 nitrogen and oxygen atoms in total. The molecule has 1 saturated heterocycles. The molecule has 2 atom stereocenters. The van der Waals surface area contributed by atoms with E-state index in [1.165, 1.54) is 0 Å². The molecule has 0 bridgehead atoms. The second-order valence-corrected chi connectivity index (χ2v) is 5.79. The van der Waals surface area contributed by atoms with Gasteiger partial charge in [0, 0.05) is 30.8 Å². The Balaban J connectivity index is 1.89. The number of benzene rings is 1. The Morgan fingerprint density at radius 3 is 2.77 bits per heavy atom. The minimum Gasteiger partial charge on any atom is -0.383 e. The van der Waals surface area contributed by atoms with Gasteiger partial charge in [0.1, 0.15) is 0 Å². The predicted octanol–water partition coefficient (Wildman–Crippen LogP) is 1.78. The van der Waals surface area contributed by atoms with Crippen LogP contribution in [0.4, 0.5) is 10.5 Å². The van der Waals surface area contributed by atoms with Crippen LogP contribution in [0.3, 0.4) is 0 Å². The van der Waals surface area contributed by atoms with Crippen molar-refractivity contribution in [2.75, 3.05) is 25.2 Å². The number of urea groups is 1. The van der Waals surface area contributed by atoms with Gasteiger partial charge >= 0.3 is 6.03 Å². The number of methoxy groups -OCH3 is 1. The highest BCUT2D eigenvalue weighted by atomic mass is 35.5. The van der Waals surface area contributed by atoms with Gasteiger partial charge in [-0.1, -0.05) is 11.6 Å². The van der Waals surface area contributed by atoms with Crippen molar-refractivity contribution in [2.45, 2.75) is 25.4 Å². The zero-order valence-electron chi connectivity index (χ0n) is 12.6. The maximum Gasteiger partial charge on any atom is 0.315 e. The minimum absolute atomic E-state index is 0.0161. The van der Waals surface area contributed by atoms with Crippen LogP contribution in [0.1, 0.15) is 13.3 Å². The molecule has 1 aromatic carbocycles. The van der Waals surface area contributed by atoms with Gasteiger partial charge in [0.25, 0.3) is 0 Å². The number of halogens is 1. The first-order valence-corrected chi connectivity index (χ1v) is 7.49. The summed E-state index contributed by atoms with van der Waals surface area (Å²) in [5.74, 6) is -0.0161. The lowest BCUT2D eigenvalue weighted by Crippen LogP contribution is -2.47. The SMILES string of the molecule is COC[C@@H](C)NC(=O)N[C@@H]1CC(=O)N(c2ccc(Cl)cc2)C1. The van der Waals surface area contributed by atoms with Gasteiger partial charge in [0.2, 0.25) is 5.91 Å². The van der Waals surface area contributed by atoms with E-state index in [2.05, 4.69) is 10.6 Å². The molecule has 2 N–H and O–H groups in total. The first kappa shape index (κ1) is 16.6. The fraction of sp³-hybridized carbons (Fsp3) is 0.467. The second kappa shape index (κ2) is 7.47. The lowest BCUT2D eigenvalue weighted by molar-refractivity contribution is -0.117. The molecule has 0 unspecified atom stereocenters. The van der Waals surface area contributed by atoms with Gasteiger partial charge in [0.05, 0.1) is 18.7 Å². The molecule has 1 fully saturated rings. The average molecular weight is 326 g/mol. The quantitative estimate of drug-likeness (QED) is 0.867. The predicted molar refractivity (Wildman–Crippen MR) is 85.2 cm³/mol. The van der Waals surface area contributed by atoms with Gasteiger partial charge in [-0.05, 0) is 31.2 Å². The summed E-state index contributed by atoms with van der Waals surface area (Å²) in [4.78, 5) is 25.6. The van der Waals surface area contributed by atoms with Crippen LogP contribution < -0.4 is 15.5 Å². The highest BCUT2D eigenvalue weighted by molar-refractivity contribution is 6.30. The van der Waals surface area contributed by atoms with Gasteiger partial charge < -0.3 is 20.3 Å². The van der Waals surface area contributed by atoms with Crippen LogP contribution in [0.2, 0.25) is 5.02 Å². The molecule has 3 amide bonds. The summed E-state index contributed by atoms with van der Waals surface area (Å²) in [6.45, 7) is 2.74. The van der Waals surface area contributed by atoms with Gasteiger partial charge in [-0.15, -0.1) is 0 Å². The fourth-order valence-electron chi connectivity index (χ4n) is 2.42. The van der Waals surface area contributed by atoms with E-state index in [9.17, 15) is 9.59 Å². The van der Waals surface area contributed by atoms with E-state index in [4.69, 9.17) is 16.3 Å². The van der Waals surface area contributed by atoms with Crippen molar-refractivity contribution in [2.24, 2.45) is 0 Å². The number of amides is 3. The maximum absolute atomic E-state index is 12.1. The molecular weight excluding hydrogens is 306 g/mol. The van der Waals surface area contributed by atoms with E-state index < -0.39 is 0 Å². The summed E-state index contributed by atoms with van der Waals surface area (Å²) in [5.41, 5.74) is 0.784. The first-order valence-electron chi connectivity index (χ1n) is 7.11. The summed E-state index contributed by atoms with van der Waals surface area (Å²) in [6, 6.07) is 6.48. The number of carbonyl (C=O) groups is 2. The monoisotopic (exact) mass is 325 g/mol. The summed E-state index contributed by atoms with van der Waals surface area (Å²) in [6.07, 6.45) is 0.286. The molecule has 22 heavy (non-hydrogen) atoms. The van der Waals surface area contributed by atoms with E-state index in [1.807, 2.05) is 6.92 Å². The van der Waals surface area contributed by atoms with Crippen LogP contribution in [0.15, 0.2) is 24.3 Å². The van der Waals surface area contributed by atoms with Crippen molar-refractivity contribution >= 4 is 29.2 Å². The summed E-state index contributed by atoms with van der Waals surface area (Å²) in [5, 5.41) is 6.20. The third-order valence-electron chi connectivity index (χ3n) is 3.39. The second-order valence-electron chi connectivity index (χ2n) is 5.36. The number of ether oxygens (including phenoxy) is 1. The van der Waals surface area contributed by atoms with E-state index in [0.717, 1.165) is 5.69 Å². The maximum atomic E-state index is 12.1. The molecule has 0 saturated carbocycles. The number of nitrogens with one attached hydrogen (secondary N) is 2. The van der Waals surface area contributed by atoms with Gasteiger partial charge in [-0.25, -0.2) is 4.79 Å². The van der Waals surface area contributed by atoms with Crippen molar-refractivity contribution in [3.63, 3.8) is 0 Å². The van der Waals surface area contributed by atoms with E-state index in [1.54, 1.807) is 36.3 Å². The van der Waals surface area contributed by atoms with Crippen molar-refractivity contribution < 1.29 is 14.3 Å². The topological polar surface area (TPSA) is 70.7 Å². The highest BCUT2D eigenvalue weighted by Gasteiger charge is 2.31. The number of hydrogen-bond acceptors (Lipinski definition) is 3. The van der Waals surface area contributed by atoms with Gasteiger partial charge in [-0.2, -0.15) is 0 Å².